The van der Waals surface area contributed by atoms with Gasteiger partial charge in [0.2, 0.25) is 0 Å². The summed E-state index contributed by atoms with van der Waals surface area (Å²) in [6.45, 7) is 0. The third kappa shape index (κ3) is 3.13. The SMILES string of the molecule is Nc1ccc(Cl)c(SCc2ccn(C3CCCC3)n2)c1. The van der Waals surface area contributed by atoms with Crippen LogP contribution in [0.2, 0.25) is 5.02 Å². The van der Waals surface area contributed by atoms with E-state index in [4.69, 9.17) is 17.3 Å². The highest BCUT2D eigenvalue weighted by Crippen LogP contribution is 2.32. The van der Waals surface area contributed by atoms with Crippen LogP contribution in [0.5, 0.6) is 0 Å². The number of aromatic nitrogens is 2. The van der Waals surface area contributed by atoms with Crippen molar-refractivity contribution < 1.29 is 0 Å². The number of rotatable bonds is 4. The van der Waals surface area contributed by atoms with Gasteiger partial charge in [-0.2, -0.15) is 5.10 Å². The summed E-state index contributed by atoms with van der Waals surface area (Å²) in [5.41, 5.74) is 7.63. The van der Waals surface area contributed by atoms with Crippen molar-refractivity contribution in [3.05, 3.63) is 41.2 Å². The number of anilines is 1. The molecule has 2 N–H and O–H groups in total. The summed E-state index contributed by atoms with van der Waals surface area (Å²) in [4.78, 5) is 1.02. The number of nitrogens with two attached hydrogens (primary N) is 1. The minimum atomic E-state index is 0.602. The van der Waals surface area contributed by atoms with Gasteiger partial charge in [-0.25, -0.2) is 0 Å². The van der Waals surface area contributed by atoms with E-state index in [1.54, 1.807) is 11.8 Å². The fraction of sp³-hybridized carbons (Fsp3) is 0.400. The zero-order valence-corrected chi connectivity index (χ0v) is 12.8. The van der Waals surface area contributed by atoms with Crippen molar-refractivity contribution in [2.45, 2.75) is 42.4 Å². The third-order valence-electron chi connectivity index (χ3n) is 3.69. The smallest absolute Gasteiger partial charge is 0.0727 e. The number of hydrogen-bond acceptors (Lipinski definition) is 3. The number of thioether (sulfide) groups is 1. The lowest BCUT2D eigenvalue weighted by Crippen LogP contribution is -2.05. The number of nitrogen functional groups attached to an aromatic ring is 1. The summed E-state index contributed by atoms with van der Waals surface area (Å²) >= 11 is 7.85. The van der Waals surface area contributed by atoms with Gasteiger partial charge in [0.1, 0.15) is 0 Å². The zero-order valence-electron chi connectivity index (χ0n) is 11.3. The lowest BCUT2D eigenvalue weighted by Gasteiger charge is -2.09. The van der Waals surface area contributed by atoms with Crippen molar-refractivity contribution >= 4 is 29.1 Å². The first-order chi connectivity index (χ1) is 9.72. The Morgan fingerprint density at radius 2 is 2.10 bits per heavy atom. The van der Waals surface area contributed by atoms with E-state index in [0.717, 1.165) is 27.1 Å². The molecule has 1 aromatic heterocycles. The van der Waals surface area contributed by atoms with Crippen LogP contribution in [0.1, 0.15) is 37.4 Å². The highest BCUT2D eigenvalue weighted by Gasteiger charge is 2.17. The average molecular weight is 308 g/mol. The Balaban J connectivity index is 1.64. The molecule has 0 saturated heterocycles. The number of halogens is 1. The predicted octanol–water partition coefficient (Wildman–Crippen LogP) is 4.53. The Morgan fingerprint density at radius 3 is 2.90 bits per heavy atom. The van der Waals surface area contributed by atoms with Crippen LogP contribution < -0.4 is 5.73 Å². The van der Waals surface area contributed by atoms with Crippen molar-refractivity contribution in [2.75, 3.05) is 5.73 Å². The number of benzene rings is 1. The van der Waals surface area contributed by atoms with E-state index in [2.05, 4.69) is 22.0 Å². The third-order valence-corrected chi connectivity index (χ3v) is 5.22. The molecule has 3 rings (SSSR count). The fourth-order valence-electron chi connectivity index (χ4n) is 2.61. The first-order valence-electron chi connectivity index (χ1n) is 6.94. The summed E-state index contributed by atoms with van der Waals surface area (Å²) in [5, 5.41) is 5.43. The van der Waals surface area contributed by atoms with E-state index in [1.807, 2.05) is 18.2 Å². The van der Waals surface area contributed by atoms with Crippen LogP contribution in [0.4, 0.5) is 5.69 Å². The summed E-state index contributed by atoms with van der Waals surface area (Å²) < 4.78 is 2.13. The molecular formula is C15H18ClN3S. The van der Waals surface area contributed by atoms with Gasteiger partial charge in [-0.15, -0.1) is 11.8 Å². The molecule has 1 fully saturated rings. The maximum Gasteiger partial charge on any atom is 0.0727 e. The van der Waals surface area contributed by atoms with Crippen LogP contribution in [-0.2, 0) is 5.75 Å². The lowest BCUT2D eigenvalue weighted by molar-refractivity contribution is 0.464. The van der Waals surface area contributed by atoms with Gasteiger partial charge in [0, 0.05) is 22.5 Å². The molecule has 0 unspecified atom stereocenters. The Labute approximate surface area is 128 Å². The topological polar surface area (TPSA) is 43.8 Å². The highest BCUT2D eigenvalue weighted by molar-refractivity contribution is 7.98. The normalized spacial score (nSPS) is 15.8. The van der Waals surface area contributed by atoms with E-state index >= 15 is 0 Å². The highest BCUT2D eigenvalue weighted by atomic mass is 35.5. The molecule has 0 radical (unpaired) electrons. The van der Waals surface area contributed by atoms with Crippen molar-refractivity contribution in [1.82, 2.24) is 9.78 Å². The van der Waals surface area contributed by atoms with Crippen LogP contribution in [0.3, 0.4) is 0 Å². The summed E-state index contributed by atoms with van der Waals surface area (Å²) in [6, 6.07) is 8.29. The van der Waals surface area contributed by atoms with Gasteiger partial charge in [0.15, 0.2) is 0 Å². The molecule has 0 bridgehead atoms. The molecule has 0 aliphatic heterocycles. The standard InChI is InChI=1S/C15H18ClN3S/c16-14-6-5-11(17)9-15(14)20-10-12-7-8-19(18-12)13-3-1-2-4-13/h5-9,13H,1-4,10,17H2. The molecule has 106 valence electrons. The van der Waals surface area contributed by atoms with Crippen LogP contribution in [-0.4, -0.2) is 9.78 Å². The minimum Gasteiger partial charge on any atom is -0.399 e. The lowest BCUT2D eigenvalue weighted by atomic mass is 10.3. The molecule has 0 amide bonds. The Bertz CT molecular complexity index is 591. The molecule has 1 aliphatic rings. The molecular weight excluding hydrogens is 290 g/mol. The molecule has 20 heavy (non-hydrogen) atoms. The quantitative estimate of drug-likeness (QED) is 0.667. The molecule has 1 saturated carbocycles. The van der Waals surface area contributed by atoms with Crippen LogP contribution in [0.15, 0.2) is 35.4 Å². The van der Waals surface area contributed by atoms with Gasteiger partial charge in [0.25, 0.3) is 0 Å². The van der Waals surface area contributed by atoms with Crippen molar-refractivity contribution in [3.8, 4) is 0 Å². The monoisotopic (exact) mass is 307 g/mol. The molecule has 5 heteroatoms. The number of nitrogens with zero attached hydrogens (tertiary/aromatic N) is 2. The van der Waals surface area contributed by atoms with Gasteiger partial charge in [-0.05, 0) is 37.1 Å². The maximum absolute atomic E-state index is 6.17. The molecule has 1 aromatic carbocycles. The average Bonchev–Trinajstić information content (AvgIpc) is 3.09. The van der Waals surface area contributed by atoms with E-state index in [0.29, 0.717) is 6.04 Å². The van der Waals surface area contributed by atoms with Gasteiger partial charge in [-0.3, -0.25) is 4.68 Å². The van der Waals surface area contributed by atoms with Gasteiger partial charge >= 0.3 is 0 Å². The van der Waals surface area contributed by atoms with E-state index < -0.39 is 0 Å². The van der Waals surface area contributed by atoms with Gasteiger partial charge in [-0.1, -0.05) is 24.4 Å². The Kier molecular flexibility index (Phi) is 4.22. The second kappa shape index (κ2) is 6.10. The number of hydrogen-bond donors (Lipinski definition) is 1. The molecule has 0 atom stereocenters. The Hall–Kier alpha value is -1.13. The Morgan fingerprint density at radius 1 is 1.30 bits per heavy atom. The summed E-state index contributed by atoms with van der Waals surface area (Å²) in [5.74, 6) is 0.822. The molecule has 2 aromatic rings. The fourth-order valence-corrected chi connectivity index (χ4v) is 3.77. The van der Waals surface area contributed by atoms with Crippen molar-refractivity contribution in [3.63, 3.8) is 0 Å². The molecule has 0 spiro atoms. The summed E-state index contributed by atoms with van der Waals surface area (Å²) in [6.07, 6.45) is 7.28. The van der Waals surface area contributed by atoms with Crippen molar-refractivity contribution in [2.24, 2.45) is 0 Å². The van der Waals surface area contributed by atoms with Gasteiger partial charge < -0.3 is 5.73 Å². The second-order valence-electron chi connectivity index (χ2n) is 5.20. The zero-order chi connectivity index (χ0) is 13.9. The first-order valence-corrected chi connectivity index (χ1v) is 8.30. The van der Waals surface area contributed by atoms with E-state index in [1.165, 1.54) is 25.7 Å². The van der Waals surface area contributed by atoms with Crippen LogP contribution >= 0.6 is 23.4 Å². The van der Waals surface area contributed by atoms with Crippen molar-refractivity contribution in [1.29, 1.82) is 0 Å². The molecule has 1 heterocycles. The molecule has 1 aliphatic carbocycles. The van der Waals surface area contributed by atoms with E-state index in [9.17, 15) is 0 Å². The van der Waals surface area contributed by atoms with Crippen LogP contribution in [0.25, 0.3) is 0 Å². The largest absolute Gasteiger partial charge is 0.399 e. The van der Waals surface area contributed by atoms with Gasteiger partial charge in [0.05, 0.1) is 16.8 Å². The first kappa shape index (κ1) is 13.8. The minimum absolute atomic E-state index is 0.602. The summed E-state index contributed by atoms with van der Waals surface area (Å²) in [7, 11) is 0. The second-order valence-corrected chi connectivity index (χ2v) is 6.63. The predicted molar refractivity (Wildman–Crippen MR) is 85.2 cm³/mol. The maximum atomic E-state index is 6.17. The van der Waals surface area contributed by atoms with E-state index in [-0.39, 0.29) is 0 Å². The van der Waals surface area contributed by atoms with Crippen LogP contribution in [0, 0.1) is 0 Å². The molecule has 3 nitrogen and oxygen atoms in total.